The number of fused-ring (bicyclic) bond motifs is 1. The number of aromatic nitrogens is 3. The zero-order chi connectivity index (χ0) is 18.2. The number of ether oxygens (including phenoxy) is 1. The minimum atomic E-state index is -1.30. The molecule has 3 heterocycles. The average molecular weight is 346 g/mol. The van der Waals surface area contributed by atoms with Gasteiger partial charge in [0.2, 0.25) is 0 Å². The second kappa shape index (κ2) is 6.44. The molecular formula is C17H22N4O4. The highest BCUT2D eigenvalue weighted by atomic mass is 16.5. The van der Waals surface area contributed by atoms with Crippen molar-refractivity contribution in [3.63, 3.8) is 0 Å². The highest BCUT2D eigenvalue weighted by molar-refractivity contribution is 6.07. The van der Waals surface area contributed by atoms with Gasteiger partial charge >= 0.3 is 5.97 Å². The van der Waals surface area contributed by atoms with E-state index in [0.29, 0.717) is 35.5 Å². The number of hydrogen-bond donors (Lipinski definition) is 2. The Morgan fingerprint density at radius 2 is 2.04 bits per heavy atom. The predicted molar refractivity (Wildman–Crippen MR) is 90.5 cm³/mol. The fourth-order valence-electron chi connectivity index (χ4n) is 3.11. The fourth-order valence-corrected chi connectivity index (χ4v) is 3.11. The smallest absolute Gasteiger partial charge is 0.329 e. The Morgan fingerprint density at radius 1 is 1.36 bits per heavy atom. The molecule has 25 heavy (non-hydrogen) atoms. The molecule has 8 nitrogen and oxygen atoms in total. The van der Waals surface area contributed by atoms with Gasteiger partial charge in [0, 0.05) is 37.8 Å². The summed E-state index contributed by atoms with van der Waals surface area (Å²) < 4.78 is 6.99. The lowest BCUT2D eigenvalue weighted by Gasteiger charge is -2.33. The number of rotatable bonds is 4. The number of carboxylic acid groups (broad SMARTS) is 1. The van der Waals surface area contributed by atoms with E-state index >= 15 is 0 Å². The number of amides is 1. The zero-order valence-corrected chi connectivity index (χ0v) is 14.6. The van der Waals surface area contributed by atoms with Gasteiger partial charge in [0.05, 0.1) is 17.1 Å². The van der Waals surface area contributed by atoms with Gasteiger partial charge in [-0.1, -0.05) is 0 Å². The Labute approximate surface area is 145 Å². The highest BCUT2D eigenvalue weighted by Gasteiger charge is 2.42. The van der Waals surface area contributed by atoms with E-state index in [0.717, 1.165) is 0 Å². The van der Waals surface area contributed by atoms with E-state index in [-0.39, 0.29) is 18.9 Å². The maximum atomic E-state index is 12.9. The van der Waals surface area contributed by atoms with Crippen LogP contribution >= 0.6 is 0 Å². The van der Waals surface area contributed by atoms with Crippen LogP contribution < -0.4 is 5.32 Å². The van der Waals surface area contributed by atoms with Crippen LogP contribution in [0, 0.1) is 6.92 Å². The van der Waals surface area contributed by atoms with Crippen molar-refractivity contribution in [3.8, 4) is 0 Å². The van der Waals surface area contributed by atoms with E-state index in [1.807, 2.05) is 13.8 Å². The number of nitrogens with one attached hydrogen (secondary N) is 1. The fraction of sp³-hybridized carbons (Fsp3) is 0.529. The SMILES string of the molecule is Cc1cc(C(=O)NC2(C(=O)O)CCOCC2)c2cnn(C(C)C)c2n1. The second-order valence-corrected chi connectivity index (χ2v) is 6.69. The Morgan fingerprint density at radius 3 is 2.64 bits per heavy atom. The minimum Gasteiger partial charge on any atom is -0.480 e. The molecule has 0 aliphatic carbocycles. The summed E-state index contributed by atoms with van der Waals surface area (Å²) in [6.07, 6.45) is 2.09. The Kier molecular flexibility index (Phi) is 4.47. The van der Waals surface area contributed by atoms with E-state index in [9.17, 15) is 14.7 Å². The number of carbonyl (C=O) groups is 2. The molecular weight excluding hydrogens is 324 g/mol. The van der Waals surface area contributed by atoms with Gasteiger partial charge in [-0.2, -0.15) is 5.10 Å². The van der Waals surface area contributed by atoms with Crippen LogP contribution in [-0.2, 0) is 9.53 Å². The average Bonchev–Trinajstić information content (AvgIpc) is 2.98. The van der Waals surface area contributed by atoms with Gasteiger partial charge in [-0.25, -0.2) is 14.5 Å². The van der Waals surface area contributed by atoms with Gasteiger partial charge in [-0.05, 0) is 26.8 Å². The van der Waals surface area contributed by atoms with Gasteiger partial charge in [0.25, 0.3) is 5.91 Å². The number of aryl methyl sites for hydroxylation is 1. The third kappa shape index (κ3) is 3.09. The van der Waals surface area contributed by atoms with Crippen molar-refractivity contribution in [1.82, 2.24) is 20.1 Å². The predicted octanol–water partition coefficient (Wildman–Crippen LogP) is 1.68. The summed E-state index contributed by atoms with van der Waals surface area (Å²) in [5.41, 5.74) is 0.391. The molecule has 0 aromatic carbocycles. The molecule has 0 radical (unpaired) electrons. The first-order chi connectivity index (χ1) is 11.8. The molecule has 1 aliphatic rings. The minimum absolute atomic E-state index is 0.101. The summed E-state index contributed by atoms with van der Waals surface area (Å²) in [4.78, 5) is 29.1. The Bertz CT molecular complexity index is 821. The lowest BCUT2D eigenvalue weighted by Crippen LogP contribution is -2.57. The summed E-state index contributed by atoms with van der Waals surface area (Å²) in [5.74, 6) is -1.47. The summed E-state index contributed by atoms with van der Waals surface area (Å²) in [6, 6.07) is 1.77. The molecule has 134 valence electrons. The molecule has 8 heteroatoms. The second-order valence-electron chi connectivity index (χ2n) is 6.69. The maximum Gasteiger partial charge on any atom is 0.329 e. The van der Waals surface area contributed by atoms with E-state index in [1.165, 1.54) is 0 Å². The van der Waals surface area contributed by atoms with Crippen LogP contribution in [0.5, 0.6) is 0 Å². The van der Waals surface area contributed by atoms with Gasteiger partial charge in [0.15, 0.2) is 5.65 Å². The van der Waals surface area contributed by atoms with Crippen LogP contribution in [0.3, 0.4) is 0 Å². The topological polar surface area (TPSA) is 106 Å². The molecule has 1 fully saturated rings. The van der Waals surface area contributed by atoms with Crippen molar-refractivity contribution in [2.45, 2.75) is 45.2 Å². The van der Waals surface area contributed by atoms with Crippen molar-refractivity contribution in [3.05, 3.63) is 23.5 Å². The van der Waals surface area contributed by atoms with Gasteiger partial charge in [-0.15, -0.1) is 0 Å². The molecule has 0 unspecified atom stereocenters. The first kappa shape index (κ1) is 17.3. The van der Waals surface area contributed by atoms with Crippen LogP contribution in [0.1, 0.15) is 48.8 Å². The molecule has 2 N–H and O–H groups in total. The normalized spacial score (nSPS) is 17.0. The van der Waals surface area contributed by atoms with E-state index in [4.69, 9.17) is 4.74 Å². The van der Waals surface area contributed by atoms with Crippen molar-refractivity contribution < 1.29 is 19.4 Å². The number of carbonyl (C=O) groups excluding carboxylic acids is 1. The lowest BCUT2D eigenvalue weighted by molar-refractivity contribution is -0.148. The number of hydrogen-bond acceptors (Lipinski definition) is 5. The molecule has 1 aliphatic heterocycles. The summed E-state index contributed by atoms with van der Waals surface area (Å²) in [6.45, 7) is 6.38. The van der Waals surface area contributed by atoms with E-state index in [2.05, 4.69) is 15.4 Å². The quantitative estimate of drug-likeness (QED) is 0.872. The molecule has 1 saturated heterocycles. The summed E-state index contributed by atoms with van der Waals surface area (Å²) in [7, 11) is 0. The zero-order valence-electron chi connectivity index (χ0n) is 14.6. The van der Waals surface area contributed by atoms with E-state index in [1.54, 1.807) is 23.9 Å². The number of pyridine rings is 1. The lowest BCUT2D eigenvalue weighted by atomic mass is 9.89. The summed E-state index contributed by atoms with van der Waals surface area (Å²) >= 11 is 0. The molecule has 0 saturated carbocycles. The van der Waals surface area contributed by atoms with Gasteiger partial charge in [-0.3, -0.25) is 4.79 Å². The third-order valence-corrected chi connectivity index (χ3v) is 4.54. The van der Waals surface area contributed by atoms with Gasteiger partial charge in [0.1, 0.15) is 5.54 Å². The van der Waals surface area contributed by atoms with Crippen molar-refractivity contribution >= 4 is 22.9 Å². The molecule has 1 amide bonds. The Balaban J connectivity index is 2.01. The van der Waals surface area contributed by atoms with Crippen LogP contribution in [0.4, 0.5) is 0 Å². The van der Waals surface area contributed by atoms with Gasteiger partial charge < -0.3 is 15.2 Å². The molecule has 0 spiro atoms. The first-order valence-corrected chi connectivity index (χ1v) is 8.32. The van der Waals surface area contributed by atoms with Crippen molar-refractivity contribution in [2.24, 2.45) is 0 Å². The van der Waals surface area contributed by atoms with Crippen LogP contribution in [-0.4, -0.2) is 50.5 Å². The van der Waals surface area contributed by atoms with Crippen molar-refractivity contribution in [1.29, 1.82) is 0 Å². The third-order valence-electron chi connectivity index (χ3n) is 4.54. The van der Waals surface area contributed by atoms with Crippen molar-refractivity contribution in [2.75, 3.05) is 13.2 Å². The molecule has 0 bridgehead atoms. The maximum absolute atomic E-state index is 12.9. The van der Waals surface area contributed by atoms with Crippen LogP contribution in [0.25, 0.3) is 11.0 Å². The van der Waals surface area contributed by atoms with E-state index < -0.39 is 17.4 Å². The molecule has 3 rings (SSSR count). The molecule has 2 aromatic rings. The number of carboxylic acids is 1. The number of aliphatic carboxylic acids is 1. The first-order valence-electron chi connectivity index (χ1n) is 8.32. The monoisotopic (exact) mass is 346 g/mol. The highest BCUT2D eigenvalue weighted by Crippen LogP contribution is 2.25. The summed E-state index contributed by atoms with van der Waals surface area (Å²) in [5, 5.41) is 17.3. The van der Waals surface area contributed by atoms with Crippen LogP contribution in [0.2, 0.25) is 0 Å². The number of nitrogens with zero attached hydrogens (tertiary/aromatic N) is 3. The Hall–Kier alpha value is -2.48. The largest absolute Gasteiger partial charge is 0.480 e. The molecule has 2 aromatic heterocycles. The van der Waals surface area contributed by atoms with Crippen LogP contribution in [0.15, 0.2) is 12.3 Å². The molecule has 0 atom stereocenters. The standard InChI is InChI=1S/C17H22N4O4/c1-10(2)21-14-13(9-18-21)12(8-11(3)19-14)15(22)20-17(16(23)24)4-6-25-7-5-17/h8-10H,4-7H2,1-3H3,(H,20,22)(H,23,24).